The van der Waals surface area contributed by atoms with Crippen molar-refractivity contribution in [3.8, 4) is 0 Å². The number of hydrogen-bond acceptors (Lipinski definition) is 3. The van der Waals surface area contributed by atoms with E-state index in [1.165, 1.54) is 0 Å². The van der Waals surface area contributed by atoms with Gasteiger partial charge in [-0.05, 0) is 50.9 Å². The van der Waals surface area contributed by atoms with E-state index in [-0.39, 0.29) is 5.91 Å². The molecule has 1 aromatic carbocycles. The second kappa shape index (κ2) is 7.70. The van der Waals surface area contributed by atoms with E-state index in [1.807, 2.05) is 50.2 Å². The summed E-state index contributed by atoms with van der Waals surface area (Å²) in [7, 11) is 3.84. The summed E-state index contributed by atoms with van der Waals surface area (Å²) in [6.07, 6.45) is 0.424. The third kappa shape index (κ3) is 6.73. The summed E-state index contributed by atoms with van der Waals surface area (Å²) in [6.45, 7) is 2.70. The molecular formula is C13H20N4OS. The van der Waals surface area contributed by atoms with E-state index in [1.54, 1.807) is 0 Å². The molecule has 0 radical (unpaired) electrons. The normalized spacial score (nSPS) is 10.1. The lowest BCUT2D eigenvalue weighted by Gasteiger charge is -2.13. The number of thiocarbonyl (C=S) groups is 1. The molecule has 0 fully saturated rings. The van der Waals surface area contributed by atoms with Crippen LogP contribution in [-0.4, -0.2) is 36.6 Å². The predicted octanol–water partition coefficient (Wildman–Crippen LogP) is 1.26. The maximum Gasteiger partial charge on any atom is 0.239 e. The molecule has 0 aliphatic heterocycles. The van der Waals surface area contributed by atoms with Crippen molar-refractivity contribution in [1.82, 2.24) is 15.8 Å². The Morgan fingerprint density at radius 1 is 1.32 bits per heavy atom. The summed E-state index contributed by atoms with van der Waals surface area (Å²) in [5.41, 5.74) is 7.26. The number of aryl methyl sites for hydroxylation is 1. The summed E-state index contributed by atoms with van der Waals surface area (Å²) >= 11 is 5.09. The van der Waals surface area contributed by atoms with Crippen LogP contribution in [0.15, 0.2) is 24.3 Å². The van der Waals surface area contributed by atoms with Gasteiger partial charge >= 0.3 is 0 Å². The monoisotopic (exact) mass is 280 g/mol. The van der Waals surface area contributed by atoms with Crippen LogP contribution in [0.1, 0.15) is 12.0 Å². The topological polar surface area (TPSA) is 56.4 Å². The van der Waals surface area contributed by atoms with E-state index in [4.69, 9.17) is 12.2 Å². The lowest BCUT2D eigenvalue weighted by atomic mass is 10.2. The van der Waals surface area contributed by atoms with E-state index in [0.29, 0.717) is 18.1 Å². The second-order valence-corrected chi connectivity index (χ2v) is 4.96. The van der Waals surface area contributed by atoms with Gasteiger partial charge < -0.3 is 10.2 Å². The number of hydrazine groups is 1. The van der Waals surface area contributed by atoms with Gasteiger partial charge in [-0.3, -0.25) is 15.6 Å². The first-order valence-electron chi connectivity index (χ1n) is 6.04. The first-order chi connectivity index (χ1) is 8.97. The van der Waals surface area contributed by atoms with E-state index >= 15 is 0 Å². The van der Waals surface area contributed by atoms with Gasteiger partial charge in [-0.1, -0.05) is 12.1 Å². The van der Waals surface area contributed by atoms with Crippen molar-refractivity contribution in [2.45, 2.75) is 13.3 Å². The van der Waals surface area contributed by atoms with E-state index in [0.717, 1.165) is 11.3 Å². The van der Waals surface area contributed by atoms with Crippen LogP contribution in [0, 0.1) is 6.92 Å². The summed E-state index contributed by atoms with van der Waals surface area (Å²) < 4.78 is 0. The predicted molar refractivity (Wildman–Crippen MR) is 81.8 cm³/mol. The van der Waals surface area contributed by atoms with Gasteiger partial charge in [0.15, 0.2) is 5.11 Å². The van der Waals surface area contributed by atoms with Gasteiger partial charge in [0.25, 0.3) is 0 Å². The van der Waals surface area contributed by atoms with Crippen molar-refractivity contribution in [2.75, 3.05) is 26.0 Å². The fraction of sp³-hybridized carbons (Fsp3) is 0.385. The van der Waals surface area contributed by atoms with Gasteiger partial charge in [0, 0.05) is 18.7 Å². The average Bonchev–Trinajstić information content (AvgIpc) is 2.34. The highest BCUT2D eigenvalue weighted by Crippen LogP contribution is 2.08. The number of rotatable bonds is 4. The van der Waals surface area contributed by atoms with Crippen molar-refractivity contribution in [1.29, 1.82) is 0 Å². The summed E-state index contributed by atoms with van der Waals surface area (Å²) in [5, 5.41) is 3.36. The lowest BCUT2D eigenvalue weighted by Crippen LogP contribution is -2.44. The fourth-order valence-electron chi connectivity index (χ4n) is 1.40. The van der Waals surface area contributed by atoms with E-state index in [2.05, 4.69) is 16.2 Å². The molecule has 0 aliphatic rings. The number of nitrogens with zero attached hydrogens (tertiary/aromatic N) is 1. The minimum atomic E-state index is -0.0953. The number of anilines is 1. The molecule has 3 N–H and O–H groups in total. The minimum absolute atomic E-state index is 0.0953. The smallest absolute Gasteiger partial charge is 0.239 e. The summed E-state index contributed by atoms with van der Waals surface area (Å²) in [6, 6.07) is 7.83. The van der Waals surface area contributed by atoms with Gasteiger partial charge in [0.05, 0.1) is 0 Å². The molecule has 0 spiro atoms. The van der Waals surface area contributed by atoms with Gasteiger partial charge in [-0.25, -0.2) is 0 Å². The molecule has 1 rings (SSSR count). The zero-order valence-electron chi connectivity index (χ0n) is 11.5. The number of benzene rings is 1. The van der Waals surface area contributed by atoms with Crippen LogP contribution in [0.5, 0.6) is 0 Å². The number of nitrogens with one attached hydrogen (secondary N) is 3. The number of hydrogen-bond donors (Lipinski definition) is 3. The molecule has 0 heterocycles. The maximum atomic E-state index is 11.5. The lowest BCUT2D eigenvalue weighted by molar-refractivity contribution is -0.121. The molecule has 19 heavy (non-hydrogen) atoms. The van der Waals surface area contributed by atoms with E-state index in [9.17, 15) is 4.79 Å². The van der Waals surface area contributed by atoms with E-state index < -0.39 is 0 Å². The van der Waals surface area contributed by atoms with Crippen LogP contribution in [0.3, 0.4) is 0 Å². The van der Waals surface area contributed by atoms with Crippen LogP contribution in [0.4, 0.5) is 5.69 Å². The Hall–Kier alpha value is -1.66. The van der Waals surface area contributed by atoms with Gasteiger partial charge in [0.2, 0.25) is 5.91 Å². The van der Waals surface area contributed by atoms with Crippen LogP contribution in [0.25, 0.3) is 0 Å². The van der Waals surface area contributed by atoms with Crippen molar-refractivity contribution in [2.24, 2.45) is 0 Å². The molecule has 0 atom stereocenters. The minimum Gasteiger partial charge on any atom is -0.331 e. The summed E-state index contributed by atoms with van der Waals surface area (Å²) in [4.78, 5) is 13.4. The van der Waals surface area contributed by atoms with Crippen molar-refractivity contribution < 1.29 is 4.79 Å². The molecule has 0 aromatic heterocycles. The van der Waals surface area contributed by atoms with Gasteiger partial charge in [0.1, 0.15) is 0 Å². The van der Waals surface area contributed by atoms with Crippen LogP contribution < -0.4 is 16.2 Å². The molecule has 0 aliphatic carbocycles. The zero-order valence-corrected chi connectivity index (χ0v) is 12.3. The average molecular weight is 280 g/mol. The highest BCUT2D eigenvalue weighted by atomic mass is 32.1. The number of amides is 1. The highest BCUT2D eigenvalue weighted by Gasteiger charge is 2.03. The van der Waals surface area contributed by atoms with Crippen molar-refractivity contribution >= 4 is 28.9 Å². The van der Waals surface area contributed by atoms with Crippen molar-refractivity contribution in [3.63, 3.8) is 0 Å². The molecule has 1 aromatic rings. The molecule has 104 valence electrons. The Labute approximate surface area is 119 Å². The number of carbonyl (C=O) groups excluding carboxylic acids is 1. The number of carbonyl (C=O) groups is 1. The Morgan fingerprint density at radius 2 is 2.05 bits per heavy atom. The molecule has 1 amide bonds. The first-order valence-corrected chi connectivity index (χ1v) is 6.45. The first kappa shape index (κ1) is 15.4. The Morgan fingerprint density at radius 3 is 2.68 bits per heavy atom. The Kier molecular flexibility index (Phi) is 6.24. The van der Waals surface area contributed by atoms with Crippen molar-refractivity contribution in [3.05, 3.63) is 29.8 Å². The zero-order chi connectivity index (χ0) is 14.3. The molecular weight excluding hydrogens is 260 g/mol. The molecule has 0 saturated heterocycles. The molecule has 0 bridgehead atoms. The molecule has 6 heteroatoms. The Bertz CT molecular complexity index is 448. The van der Waals surface area contributed by atoms with Crippen LogP contribution >= 0.6 is 12.2 Å². The van der Waals surface area contributed by atoms with Crippen LogP contribution in [-0.2, 0) is 4.79 Å². The third-order valence-corrected chi connectivity index (χ3v) is 2.58. The third-order valence-electron chi connectivity index (χ3n) is 2.38. The van der Waals surface area contributed by atoms with Crippen LogP contribution in [0.2, 0.25) is 0 Å². The molecule has 5 nitrogen and oxygen atoms in total. The largest absolute Gasteiger partial charge is 0.331 e. The maximum absolute atomic E-state index is 11.5. The molecule has 0 unspecified atom stereocenters. The Balaban J connectivity index is 2.30. The summed E-state index contributed by atoms with van der Waals surface area (Å²) in [5.74, 6) is -0.0953. The molecule has 0 saturated carbocycles. The van der Waals surface area contributed by atoms with Gasteiger partial charge in [-0.2, -0.15) is 0 Å². The SMILES string of the molecule is Cc1cccc(NC(=S)NNC(=O)CCN(C)C)c1. The van der Waals surface area contributed by atoms with Gasteiger partial charge in [-0.15, -0.1) is 0 Å². The standard InChI is InChI=1S/C13H20N4OS/c1-10-5-4-6-11(9-10)14-13(19)16-15-12(18)7-8-17(2)3/h4-6,9H,7-8H2,1-3H3,(H,15,18)(H2,14,16,19). The quantitative estimate of drug-likeness (QED) is 0.573. The highest BCUT2D eigenvalue weighted by molar-refractivity contribution is 7.80. The fourth-order valence-corrected chi connectivity index (χ4v) is 1.57. The second-order valence-electron chi connectivity index (χ2n) is 4.55.